The molecule has 0 spiro atoms. The van der Waals surface area contributed by atoms with Gasteiger partial charge in [-0.3, -0.25) is 4.79 Å². The summed E-state index contributed by atoms with van der Waals surface area (Å²) in [6.07, 6.45) is 0. The molecule has 2 aromatic heterocycles. The van der Waals surface area contributed by atoms with E-state index in [1.54, 1.807) is 12.3 Å². The molecule has 20 heavy (non-hydrogen) atoms. The normalized spacial score (nSPS) is 11.4. The van der Waals surface area contributed by atoms with Gasteiger partial charge in [0.25, 0.3) is 5.91 Å². The van der Waals surface area contributed by atoms with Crippen LogP contribution in [0.3, 0.4) is 0 Å². The minimum Gasteiger partial charge on any atom is -0.442 e. The number of furan rings is 1. The van der Waals surface area contributed by atoms with Crippen molar-refractivity contribution in [3.05, 3.63) is 38.6 Å². The topological polar surface area (TPSA) is 108 Å². The van der Waals surface area contributed by atoms with Gasteiger partial charge in [0.1, 0.15) is 0 Å². The molecule has 7 nitrogen and oxygen atoms in total. The predicted molar refractivity (Wildman–Crippen MR) is 74.4 cm³/mol. The number of nitrogens with two attached hydrogens (primary N) is 1. The highest BCUT2D eigenvalue weighted by atomic mass is 79.9. The number of primary amides is 1. The summed E-state index contributed by atoms with van der Waals surface area (Å²) in [5, 5.41) is 5.46. The van der Waals surface area contributed by atoms with E-state index in [2.05, 4.69) is 30.9 Å². The van der Waals surface area contributed by atoms with Crippen molar-refractivity contribution in [3.8, 4) is 0 Å². The standard InChI is InChI=1S/C11H8BrN3O4S/c1-5-4-20-10(14-5)8(9(13)16)15-19-11(17)6-2-3-7(12)18-6/h2-4H,1H3,(H2,13,16)/b15-8-. The molecule has 2 aromatic rings. The van der Waals surface area contributed by atoms with E-state index in [0.29, 0.717) is 10.4 Å². The fraction of sp³-hybridized carbons (Fsp3) is 0.0909. The number of hydrogen-bond acceptors (Lipinski definition) is 7. The summed E-state index contributed by atoms with van der Waals surface area (Å²) in [6, 6.07) is 2.93. The van der Waals surface area contributed by atoms with Crippen LogP contribution in [0.4, 0.5) is 0 Å². The van der Waals surface area contributed by atoms with Gasteiger partial charge in [-0.25, -0.2) is 9.78 Å². The molecule has 9 heteroatoms. The van der Waals surface area contributed by atoms with Crippen LogP contribution in [0.25, 0.3) is 0 Å². The van der Waals surface area contributed by atoms with Crippen molar-refractivity contribution in [2.45, 2.75) is 6.92 Å². The highest BCUT2D eigenvalue weighted by Crippen LogP contribution is 2.15. The Bertz CT molecular complexity index is 691. The van der Waals surface area contributed by atoms with Crippen molar-refractivity contribution < 1.29 is 18.8 Å². The van der Waals surface area contributed by atoms with E-state index in [1.165, 1.54) is 23.5 Å². The fourth-order valence-electron chi connectivity index (χ4n) is 1.21. The first-order valence-corrected chi connectivity index (χ1v) is 6.91. The van der Waals surface area contributed by atoms with Crippen molar-refractivity contribution >= 4 is 44.9 Å². The second kappa shape index (κ2) is 5.97. The summed E-state index contributed by atoms with van der Waals surface area (Å²) in [4.78, 5) is 31.6. The smallest absolute Gasteiger partial charge is 0.400 e. The van der Waals surface area contributed by atoms with Crippen molar-refractivity contribution in [2.24, 2.45) is 10.9 Å². The lowest BCUT2D eigenvalue weighted by atomic mass is 10.4. The minimum atomic E-state index is -0.845. The molecular formula is C11H8BrN3O4S. The van der Waals surface area contributed by atoms with Gasteiger partial charge in [-0.1, -0.05) is 5.16 Å². The average Bonchev–Trinajstić information content (AvgIpc) is 2.98. The summed E-state index contributed by atoms with van der Waals surface area (Å²) in [5.41, 5.74) is 5.67. The highest BCUT2D eigenvalue weighted by Gasteiger charge is 2.18. The Morgan fingerprint density at radius 2 is 2.25 bits per heavy atom. The van der Waals surface area contributed by atoms with E-state index < -0.39 is 11.9 Å². The lowest BCUT2D eigenvalue weighted by molar-refractivity contribution is -0.112. The second-order valence-electron chi connectivity index (χ2n) is 3.58. The number of carbonyl (C=O) groups excluding carboxylic acids is 2. The zero-order chi connectivity index (χ0) is 14.7. The molecule has 0 aliphatic heterocycles. The van der Waals surface area contributed by atoms with Gasteiger partial charge in [0.05, 0.1) is 0 Å². The molecule has 0 aromatic carbocycles. The Morgan fingerprint density at radius 1 is 1.50 bits per heavy atom. The van der Waals surface area contributed by atoms with E-state index in [4.69, 9.17) is 10.2 Å². The number of rotatable bonds is 4. The largest absolute Gasteiger partial charge is 0.442 e. The van der Waals surface area contributed by atoms with Gasteiger partial charge >= 0.3 is 5.97 Å². The number of aryl methyl sites for hydroxylation is 1. The molecule has 0 unspecified atom stereocenters. The summed E-state index contributed by atoms with van der Waals surface area (Å²) < 4.78 is 5.37. The van der Waals surface area contributed by atoms with Crippen molar-refractivity contribution in [3.63, 3.8) is 0 Å². The number of halogens is 1. The third kappa shape index (κ3) is 3.31. The van der Waals surface area contributed by atoms with Crippen molar-refractivity contribution in [1.82, 2.24) is 4.98 Å². The maximum atomic E-state index is 11.6. The summed E-state index contributed by atoms with van der Waals surface area (Å²) >= 11 is 4.22. The maximum absolute atomic E-state index is 11.6. The van der Waals surface area contributed by atoms with Crippen molar-refractivity contribution in [2.75, 3.05) is 0 Å². The summed E-state index contributed by atoms with van der Waals surface area (Å²) in [7, 11) is 0. The third-order valence-corrected chi connectivity index (χ3v) is 3.44. The first-order valence-electron chi connectivity index (χ1n) is 5.24. The van der Waals surface area contributed by atoms with Crippen LogP contribution < -0.4 is 5.73 Å². The number of thiazole rings is 1. The SMILES string of the molecule is Cc1csc(/C(=N\OC(=O)c2ccc(Br)o2)C(N)=O)n1. The Labute approximate surface area is 125 Å². The highest BCUT2D eigenvalue weighted by molar-refractivity contribution is 9.10. The van der Waals surface area contributed by atoms with Crippen LogP contribution >= 0.6 is 27.3 Å². The zero-order valence-corrected chi connectivity index (χ0v) is 12.5. The molecule has 0 aliphatic carbocycles. The third-order valence-electron chi connectivity index (χ3n) is 2.05. The van der Waals surface area contributed by atoms with E-state index in [0.717, 1.165) is 0 Å². The second-order valence-corrected chi connectivity index (χ2v) is 5.22. The molecule has 0 radical (unpaired) electrons. The molecule has 2 rings (SSSR count). The quantitative estimate of drug-likeness (QED) is 0.510. The number of aromatic nitrogens is 1. The van der Waals surface area contributed by atoms with E-state index in [-0.39, 0.29) is 16.5 Å². The van der Waals surface area contributed by atoms with Crippen LogP contribution in [-0.2, 0) is 9.63 Å². The Kier molecular flexibility index (Phi) is 4.30. The average molecular weight is 358 g/mol. The molecule has 0 fully saturated rings. The van der Waals surface area contributed by atoms with E-state index in [1.807, 2.05) is 0 Å². The zero-order valence-electron chi connectivity index (χ0n) is 10.1. The summed E-state index contributed by atoms with van der Waals surface area (Å²) in [5.74, 6) is -1.74. The fourth-order valence-corrected chi connectivity index (χ4v) is 2.30. The molecule has 2 heterocycles. The maximum Gasteiger partial charge on any atom is 0.400 e. The van der Waals surface area contributed by atoms with Gasteiger partial charge < -0.3 is 15.0 Å². The number of nitrogens with zero attached hydrogens (tertiary/aromatic N) is 2. The number of amides is 1. The summed E-state index contributed by atoms with van der Waals surface area (Å²) in [6.45, 7) is 1.75. The minimum absolute atomic E-state index is 0.0558. The molecule has 0 saturated heterocycles. The van der Waals surface area contributed by atoms with Crippen LogP contribution in [-0.4, -0.2) is 22.6 Å². The molecule has 1 amide bonds. The van der Waals surface area contributed by atoms with Crippen LogP contribution in [0.5, 0.6) is 0 Å². The van der Waals surface area contributed by atoms with Gasteiger partial charge in [-0.15, -0.1) is 11.3 Å². The molecule has 0 bridgehead atoms. The van der Waals surface area contributed by atoms with Crippen LogP contribution in [0.2, 0.25) is 0 Å². The molecule has 0 saturated carbocycles. The molecule has 2 N–H and O–H groups in total. The van der Waals surface area contributed by atoms with Crippen LogP contribution in [0, 0.1) is 6.92 Å². The van der Waals surface area contributed by atoms with E-state index in [9.17, 15) is 9.59 Å². The molecule has 0 atom stereocenters. The Hall–Kier alpha value is -2.00. The molecular weight excluding hydrogens is 350 g/mol. The lowest BCUT2D eigenvalue weighted by Gasteiger charge is -1.98. The first-order chi connectivity index (χ1) is 9.47. The predicted octanol–water partition coefficient (Wildman–Crippen LogP) is 1.85. The van der Waals surface area contributed by atoms with Crippen molar-refractivity contribution in [1.29, 1.82) is 0 Å². The van der Waals surface area contributed by atoms with Gasteiger partial charge in [0, 0.05) is 11.1 Å². The number of hydrogen-bond donors (Lipinski definition) is 1. The Balaban J connectivity index is 2.18. The first kappa shape index (κ1) is 14.4. The van der Waals surface area contributed by atoms with Gasteiger partial charge in [-0.2, -0.15) is 0 Å². The van der Waals surface area contributed by atoms with Gasteiger partial charge in [-0.05, 0) is 35.0 Å². The van der Waals surface area contributed by atoms with Gasteiger partial charge in [0.15, 0.2) is 9.68 Å². The number of carbonyl (C=O) groups is 2. The van der Waals surface area contributed by atoms with E-state index >= 15 is 0 Å². The van der Waals surface area contributed by atoms with Crippen LogP contribution in [0.15, 0.2) is 31.8 Å². The monoisotopic (exact) mass is 357 g/mol. The van der Waals surface area contributed by atoms with Gasteiger partial charge in [0.2, 0.25) is 11.5 Å². The molecule has 0 aliphatic rings. The molecule has 104 valence electrons. The lowest BCUT2D eigenvalue weighted by Crippen LogP contribution is -2.25. The Morgan fingerprint density at radius 3 is 2.75 bits per heavy atom. The van der Waals surface area contributed by atoms with Crippen LogP contribution in [0.1, 0.15) is 21.3 Å². The number of oxime groups is 1.